The number of carbonyl (C=O) groups excluding carboxylic acids is 1. The first kappa shape index (κ1) is 28.9. The number of carbonyl (C=O) groups is 1. The fourth-order valence-corrected chi connectivity index (χ4v) is 6.30. The molecular formula is C27H26Br2N2O7S. The third-order valence-electron chi connectivity index (χ3n) is 5.96. The van der Waals surface area contributed by atoms with Crippen LogP contribution in [0.3, 0.4) is 0 Å². The Morgan fingerprint density at radius 1 is 1.08 bits per heavy atom. The van der Waals surface area contributed by atoms with Crippen LogP contribution >= 0.6 is 43.2 Å². The van der Waals surface area contributed by atoms with E-state index in [1.807, 2.05) is 6.92 Å². The predicted octanol–water partition coefficient (Wildman–Crippen LogP) is 4.44. The Morgan fingerprint density at radius 2 is 1.79 bits per heavy atom. The first-order valence-corrected chi connectivity index (χ1v) is 14.3. The Kier molecular flexibility index (Phi) is 8.87. The summed E-state index contributed by atoms with van der Waals surface area (Å²) in [4.78, 5) is 32.2. The van der Waals surface area contributed by atoms with Crippen LogP contribution in [0.25, 0.3) is 6.08 Å². The number of ether oxygens (including phenoxy) is 4. The maximum atomic E-state index is 13.9. The molecule has 0 saturated heterocycles. The molecule has 1 N–H and O–H groups in total. The number of aromatic hydroxyl groups is 1. The van der Waals surface area contributed by atoms with Crippen molar-refractivity contribution in [3.63, 3.8) is 0 Å². The zero-order valence-electron chi connectivity index (χ0n) is 21.8. The van der Waals surface area contributed by atoms with Gasteiger partial charge in [-0.15, -0.1) is 0 Å². The van der Waals surface area contributed by atoms with Gasteiger partial charge in [0.25, 0.3) is 5.56 Å². The van der Waals surface area contributed by atoms with Crippen LogP contribution in [0.4, 0.5) is 0 Å². The average Bonchev–Trinajstić information content (AvgIpc) is 3.20. The first-order valence-electron chi connectivity index (χ1n) is 11.9. The molecule has 1 aliphatic rings. The molecule has 0 spiro atoms. The molecular weight excluding hydrogens is 656 g/mol. The molecule has 0 radical (unpaired) electrons. The third-order valence-corrected chi connectivity index (χ3v) is 8.24. The molecule has 4 rings (SSSR count). The van der Waals surface area contributed by atoms with Crippen molar-refractivity contribution in [1.29, 1.82) is 0 Å². The number of aromatic nitrogens is 1. The number of phenolic OH excluding ortho intramolecular Hbond substituents is 1. The summed E-state index contributed by atoms with van der Waals surface area (Å²) >= 11 is 8.12. The smallest absolute Gasteiger partial charge is 0.338 e. The number of benzene rings is 2. The van der Waals surface area contributed by atoms with Crippen molar-refractivity contribution >= 4 is 55.2 Å². The molecule has 0 bridgehead atoms. The van der Waals surface area contributed by atoms with Gasteiger partial charge in [0.1, 0.15) is 0 Å². The molecule has 0 saturated carbocycles. The summed E-state index contributed by atoms with van der Waals surface area (Å²) in [5, 5.41) is 10.2. The van der Waals surface area contributed by atoms with E-state index in [9.17, 15) is 14.7 Å². The Morgan fingerprint density at radius 3 is 2.44 bits per heavy atom. The van der Waals surface area contributed by atoms with Gasteiger partial charge in [-0.1, -0.05) is 27.3 Å². The number of allylic oxidation sites excluding steroid dienone is 1. The van der Waals surface area contributed by atoms with Gasteiger partial charge in [-0.3, -0.25) is 9.36 Å². The summed E-state index contributed by atoms with van der Waals surface area (Å²) in [5.41, 5.74) is 1.58. The summed E-state index contributed by atoms with van der Waals surface area (Å²) in [6.07, 6.45) is 1.69. The van der Waals surface area contributed by atoms with Crippen molar-refractivity contribution < 1.29 is 28.8 Å². The lowest BCUT2D eigenvalue weighted by Crippen LogP contribution is -2.40. The van der Waals surface area contributed by atoms with Crippen LogP contribution in [0.1, 0.15) is 37.9 Å². The highest BCUT2D eigenvalue weighted by Crippen LogP contribution is 2.41. The standard InChI is InChI=1S/C27H26Br2N2O7S/c1-6-37-19-12-16(28)15(11-18(19)35-4)23-22(26(34)38-7-2)13(3)30-27-31(23)25(33)21(39-27)10-14-8-17(29)24(32)20(9-14)36-5/h8-12,23,32H,6-7H2,1-5H3/b21-10+/t23-/m0/s1. The molecule has 1 aliphatic heterocycles. The van der Waals surface area contributed by atoms with Gasteiger partial charge in [0.15, 0.2) is 27.8 Å². The Hall–Kier alpha value is -3.09. The zero-order valence-corrected chi connectivity index (χ0v) is 25.8. The third kappa shape index (κ3) is 5.50. The number of phenols is 1. The van der Waals surface area contributed by atoms with E-state index in [0.717, 1.165) is 0 Å². The van der Waals surface area contributed by atoms with Crippen molar-refractivity contribution in [2.24, 2.45) is 4.99 Å². The van der Waals surface area contributed by atoms with Gasteiger partial charge in [0.2, 0.25) is 0 Å². The molecule has 0 fully saturated rings. The Labute approximate surface area is 245 Å². The van der Waals surface area contributed by atoms with Crippen molar-refractivity contribution in [3.8, 4) is 23.0 Å². The van der Waals surface area contributed by atoms with Gasteiger partial charge in [-0.25, -0.2) is 9.79 Å². The van der Waals surface area contributed by atoms with Crippen LogP contribution in [0.15, 0.2) is 54.3 Å². The van der Waals surface area contributed by atoms with Crippen LogP contribution in [-0.2, 0) is 9.53 Å². The molecule has 0 unspecified atom stereocenters. The molecule has 1 aromatic heterocycles. The summed E-state index contributed by atoms with van der Waals surface area (Å²) in [5.74, 6) is 0.626. The second-order valence-corrected chi connectivity index (χ2v) is 11.0. The van der Waals surface area contributed by atoms with Gasteiger partial charge in [-0.05, 0) is 78.2 Å². The van der Waals surface area contributed by atoms with Crippen LogP contribution in [0.5, 0.6) is 23.0 Å². The Bertz CT molecular complexity index is 1660. The highest BCUT2D eigenvalue weighted by Gasteiger charge is 2.35. The zero-order chi connectivity index (χ0) is 28.4. The highest BCUT2D eigenvalue weighted by atomic mass is 79.9. The van der Waals surface area contributed by atoms with Crippen LogP contribution in [0, 0.1) is 0 Å². The summed E-state index contributed by atoms with van der Waals surface area (Å²) in [6, 6.07) is 5.96. The maximum absolute atomic E-state index is 13.9. The van der Waals surface area contributed by atoms with Crippen LogP contribution in [0.2, 0.25) is 0 Å². The molecule has 1 atom stereocenters. The van der Waals surface area contributed by atoms with E-state index in [0.29, 0.717) is 53.2 Å². The van der Waals surface area contributed by atoms with Crippen molar-refractivity contribution in [1.82, 2.24) is 4.57 Å². The molecule has 3 aromatic rings. The minimum Gasteiger partial charge on any atom is -0.503 e. The number of thiazole rings is 1. The fourth-order valence-electron chi connectivity index (χ4n) is 4.26. The normalized spacial score (nSPS) is 15.1. The summed E-state index contributed by atoms with van der Waals surface area (Å²) < 4.78 is 24.8. The molecule has 9 nitrogen and oxygen atoms in total. The number of esters is 1. The lowest BCUT2D eigenvalue weighted by atomic mass is 9.95. The largest absolute Gasteiger partial charge is 0.503 e. The predicted molar refractivity (Wildman–Crippen MR) is 155 cm³/mol. The van der Waals surface area contributed by atoms with Crippen LogP contribution < -0.4 is 29.1 Å². The lowest BCUT2D eigenvalue weighted by molar-refractivity contribution is -0.139. The minimum absolute atomic E-state index is 0.0416. The minimum atomic E-state index is -0.845. The Balaban J connectivity index is 2.00. The van der Waals surface area contributed by atoms with E-state index in [4.69, 9.17) is 18.9 Å². The van der Waals surface area contributed by atoms with E-state index >= 15 is 0 Å². The fraction of sp³-hybridized carbons (Fsp3) is 0.296. The number of halogens is 2. The SMILES string of the molecule is CCOC(=O)C1=C(C)N=c2s/c(=C/c3cc(Br)c(O)c(OC)c3)c(=O)n2[C@H]1c1cc(OC)c(OCC)cc1Br. The van der Waals surface area contributed by atoms with E-state index in [-0.39, 0.29) is 29.2 Å². The molecule has 206 valence electrons. The van der Waals surface area contributed by atoms with Gasteiger partial charge in [-0.2, -0.15) is 0 Å². The number of hydrogen-bond acceptors (Lipinski definition) is 9. The molecule has 0 aliphatic carbocycles. The summed E-state index contributed by atoms with van der Waals surface area (Å²) in [7, 11) is 2.97. The van der Waals surface area contributed by atoms with Gasteiger partial charge >= 0.3 is 5.97 Å². The molecule has 12 heteroatoms. The summed E-state index contributed by atoms with van der Waals surface area (Å²) in [6.45, 7) is 5.91. The quantitative estimate of drug-likeness (QED) is 0.350. The molecule has 0 amide bonds. The number of fused-ring (bicyclic) bond motifs is 1. The van der Waals surface area contributed by atoms with E-state index in [2.05, 4.69) is 36.9 Å². The van der Waals surface area contributed by atoms with E-state index in [1.54, 1.807) is 44.2 Å². The first-order chi connectivity index (χ1) is 18.6. The van der Waals surface area contributed by atoms with Crippen molar-refractivity contribution in [2.45, 2.75) is 26.8 Å². The van der Waals surface area contributed by atoms with Crippen LogP contribution in [-0.4, -0.2) is 43.1 Å². The second-order valence-electron chi connectivity index (χ2n) is 8.31. The average molecular weight is 682 g/mol. The lowest BCUT2D eigenvalue weighted by Gasteiger charge is -2.26. The number of rotatable bonds is 8. The van der Waals surface area contributed by atoms with Crippen molar-refractivity contribution in [3.05, 3.63) is 75.3 Å². The van der Waals surface area contributed by atoms with Gasteiger partial charge in [0.05, 0.1) is 53.8 Å². The van der Waals surface area contributed by atoms with E-state index in [1.165, 1.54) is 30.1 Å². The topological polar surface area (TPSA) is 109 Å². The second kappa shape index (κ2) is 12.0. The van der Waals surface area contributed by atoms with Gasteiger partial charge < -0.3 is 24.1 Å². The van der Waals surface area contributed by atoms with E-state index < -0.39 is 12.0 Å². The monoisotopic (exact) mass is 680 g/mol. The number of nitrogens with zero attached hydrogens (tertiary/aromatic N) is 2. The highest BCUT2D eigenvalue weighted by molar-refractivity contribution is 9.10. The molecule has 39 heavy (non-hydrogen) atoms. The molecule has 2 aromatic carbocycles. The molecule has 2 heterocycles. The van der Waals surface area contributed by atoms with Gasteiger partial charge in [0, 0.05) is 4.47 Å². The number of methoxy groups -OCH3 is 2. The maximum Gasteiger partial charge on any atom is 0.338 e. The number of hydrogen-bond donors (Lipinski definition) is 1. The van der Waals surface area contributed by atoms with Crippen molar-refractivity contribution in [2.75, 3.05) is 27.4 Å².